The number of amides is 1. The normalized spacial score (nSPS) is 11.8. The summed E-state index contributed by atoms with van der Waals surface area (Å²) in [5.74, 6) is 0.743. The Morgan fingerprint density at radius 3 is 2.60 bits per heavy atom. The van der Waals surface area contributed by atoms with E-state index in [9.17, 15) is 4.79 Å². The Morgan fingerprint density at radius 2 is 1.93 bits per heavy atom. The van der Waals surface area contributed by atoms with Crippen molar-refractivity contribution in [2.24, 2.45) is 0 Å². The molecule has 8 heteroatoms. The minimum Gasteiger partial charge on any atom is -0.497 e. The number of hydrogen-bond acceptors (Lipinski definition) is 6. The molecule has 0 fully saturated rings. The van der Waals surface area contributed by atoms with Crippen LogP contribution in [0.1, 0.15) is 24.2 Å². The number of ether oxygens (including phenoxy) is 1. The zero-order valence-electron chi connectivity index (χ0n) is 16.6. The topological polar surface area (TPSA) is 81.9 Å². The maximum Gasteiger partial charge on any atom is 0.226 e. The smallest absolute Gasteiger partial charge is 0.226 e. The molecule has 2 aromatic carbocycles. The van der Waals surface area contributed by atoms with Gasteiger partial charge >= 0.3 is 0 Å². The van der Waals surface area contributed by atoms with E-state index in [1.165, 1.54) is 17.7 Å². The molecular formula is C22H21N5O2S. The number of thiazole rings is 1. The molecule has 0 aliphatic carbocycles. The lowest BCUT2D eigenvalue weighted by Crippen LogP contribution is -2.28. The number of carbonyl (C=O) groups excluding carboxylic acids is 1. The van der Waals surface area contributed by atoms with Crippen molar-refractivity contribution < 1.29 is 9.53 Å². The third-order valence-electron chi connectivity index (χ3n) is 4.68. The molecule has 0 saturated carbocycles. The Morgan fingerprint density at radius 1 is 1.17 bits per heavy atom. The molecule has 4 aromatic rings. The van der Waals surface area contributed by atoms with E-state index in [1.54, 1.807) is 18.1 Å². The van der Waals surface area contributed by atoms with Gasteiger partial charge in [-0.3, -0.25) is 4.79 Å². The van der Waals surface area contributed by atoms with Gasteiger partial charge in [-0.1, -0.05) is 12.1 Å². The second-order valence-corrected chi connectivity index (χ2v) is 7.63. The molecule has 152 valence electrons. The van der Waals surface area contributed by atoms with Gasteiger partial charge in [-0.05, 0) is 48.9 Å². The molecule has 0 saturated heterocycles. The van der Waals surface area contributed by atoms with Crippen LogP contribution in [-0.4, -0.2) is 32.8 Å². The molecule has 0 spiro atoms. The van der Waals surface area contributed by atoms with Crippen LogP contribution in [-0.2, 0) is 11.2 Å². The number of nitrogens with zero attached hydrogens (tertiary/aromatic N) is 4. The van der Waals surface area contributed by atoms with Crippen LogP contribution in [0, 0.1) is 0 Å². The quantitative estimate of drug-likeness (QED) is 0.492. The molecule has 0 bridgehead atoms. The largest absolute Gasteiger partial charge is 0.497 e. The number of methoxy groups -OCH3 is 1. The van der Waals surface area contributed by atoms with Crippen LogP contribution in [0.2, 0.25) is 0 Å². The summed E-state index contributed by atoms with van der Waals surface area (Å²) in [5.41, 5.74) is 3.71. The van der Waals surface area contributed by atoms with Crippen LogP contribution in [0.3, 0.4) is 0 Å². The van der Waals surface area contributed by atoms with Gasteiger partial charge in [-0.15, -0.1) is 11.3 Å². The third kappa shape index (κ3) is 4.55. The van der Waals surface area contributed by atoms with E-state index in [2.05, 4.69) is 20.4 Å². The molecule has 0 radical (unpaired) electrons. The first-order valence-electron chi connectivity index (χ1n) is 9.45. The van der Waals surface area contributed by atoms with Crippen LogP contribution >= 0.6 is 11.3 Å². The number of benzene rings is 2. The molecule has 1 atom stereocenters. The van der Waals surface area contributed by atoms with Crippen LogP contribution < -0.4 is 10.1 Å². The Kier molecular flexibility index (Phi) is 5.85. The number of carbonyl (C=O) groups is 1. The highest BCUT2D eigenvalue weighted by Crippen LogP contribution is 2.26. The molecule has 0 aliphatic rings. The van der Waals surface area contributed by atoms with E-state index >= 15 is 0 Å². The standard InChI is InChI=1S/C22H21N5O2S/c1-15(16-3-7-19(8-4-16)27-14-23-13-24-27)25-21(28)11-18-12-30-22(26-18)17-5-9-20(29-2)10-6-17/h3-10,12-15H,11H2,1-2H3,(H,25,28). The zero-order chi connectivity index (χ0) is 20.9. The van der Waals surface area contributed by atoms with Crippen molar-refractivity contribution in [2.45, 2.75) is 19.4 Å². The average molecular weight is 420 g/mol. The van der Waals surface area contributed by atoms with Crippen molar-refractivity contribution in [2.75, 3.05) is 7.11 Å². The van der Waals surface area contributed by atoms with Gasteiger partial charge in [-0.25, -0.2) is 14.6 Å². The highest BCUT2D eigenvalue weighted by molar-refractivity contribution is 7.13. The summed E-state index contributed by atoms with van der Waals surface area (Å²) in [7, 11) is 1.64. The van der Waals surface area contributed by atoms with E-state index in [0.717, 1.165) is 33.3 Å². The predicted molar refractivity (Wildman–Crippen MR) is 116 cm³/mol. The van der Waals surface area contributed by atoms with Crippen molar-refractivity contribution >= 4 is 17.2 Å². The number of hydrogen-bond donors (Lipinski definition) is 1. The second kappa shape index (κ2) is 8.87. The maximum absolute atomic E-state index is 12.5. The van der Waals surface area contributed by atoms with Crippen LogP contribution in [0.5, 0.6) is 5.75 Å². The fraction of sp³-hybridized carbons (Fsp3) is 0.182. The molecule has 1 N–H and O–H groups in total. The number of nitrogens with one attached hydrogen (secondary N) is 1. The monoisotopic (exact) mass is 419 g/mol. The molecule has 1 unspecified atom stereocenters. The van der Waals surface area contributed by atoms with Crippen molar-refractivity contribution in [3.05, 3.63) is 77.8 Å². The van der Waals surface area contributed by atoms with E-state index in [4.69, 9.17) is 4.74 Å². The Bertz CT molecular complexity index is 1110. The molecular weight excluding hydrogens is 398 g/mol. The first kappa shape index (κ1) is 19.8. The van der Waals surface area contributed by atoms with Gasteiger partial charge in [0.2, 0.25) is 5.91 Å². The van der Waals surface area contributed by atoms with Crippen molar-refractivity contribution in [3.8, 4) is 22.0 Å². The average Bonchev–Trinajstić information content (AvgIpc) is 3.46. The van der Waals surface area contributed by atoms with Gasteiger partial charge in [0.05, 0.1) is 31.0 Å². The molecule has 7 nitrogen and oxygen atoms in total. The lowest BCUT2D eigenvalue weighted by atomic mass is 10.1. The summed E-state index contributed by atoms with van der Waals surface area (Å²) in [6, 6.07) is 15.5. The zero-order valence-corrected chi connectivity index (χ0v) is 17.5. The van der Waals surface area contributed by atoms with Crippen LogP contribution in [0.15, 0.2) is 66.6 Å². The summed E-state index contributed by atoms with van der Waals surface area (Å²) in [6.45, 7) is 1.96. The molecule has 1 amide bonds. The van der Waals surface area contributed by atoms with Crippen molar-refractivity contribution in [3.63, 3.8) is 0 Å². The Hall–Kier alpha value is -3.52. The number of aromatic nitrogens is 4. The summed E-state index contributed by atoms with van der Waals surface area (Å²) < 4.78 is 6.87. The van der Waals surface area contributed by atoms with Gasteiger partial charge in [0, 0.05) is 10.9 Å². The van der Waals surface area contributed by atoms with Gasteiger partial charge < -0.3 is 10.1 Å². The van der Waals surface area contributed by atoms with E-state index in [0.29, 0.717) is 0 Å². The van der Waals surface area contributed by atoms with Gasteiger partial charge in [0.25, 0.3) is 0 Å². The summed E-state index contributed by atoms with van der Waals surface area (Å²) in [4.78, 5) is 21.0. The van der Waals surface area contributed by atoms with Gasteiger partial charge in [0.1, 0.15) is 23.4 Å². The number of rotatable bonds is 7. The van der Waals surface area contributed by atoms with E-state index in [-0.39, 0.29) is 18.4 Å². The SMILES string of the molecule is COc1ccc(-c2nc(CC(=O)NC(C)c3ccc(-n4cncn4)cc3)cs2)cc1. The van der Waals surface area contributed by atoms with E-state index < -0.39 is 0 Å². The lowest BCUT2D eigenvalue weighted by molar-refractivity contribution is -0.121. The first-order chi connectivity index (χ1) is 14.6. The summed E-state index contributed by atoms with van der Waals surface area (Å²) >= 11 is 1.53. The molecule has 4 rings (SSSR count). The lowest BCUT2D eigenvalue weighted by Gasteiger charge is -2.14. The highest BCUT2D eigenvalue weighted by atomic mass is 32.1. The Labute approximate surface area is 178 Å². The molecule has 0 aliphatic heterocycles. The molecule has 2 aromatic heterocycles. The minimum atomic E-state index is -0.109. The fourth-order valence-corrected chi connectivity index (χ4v) is 3.88. The van der Waals surface area contributed by atoms with Gasteiger partial charge in [0.15, 0.2) is 0 Å². The second-order valence-electron chi connectivity index (χ2n) is 6.77. The summed E-state index contributed by atoms with van der Waals surface area (Å²) in [5, 5.41) is 9.96. The van der Waals surface area contributed by atoms with Gasteiger partial charge in [-0.2, -0.15) is 5.10 Å². The molecule has 2 heterocycles. The maximum atomic E-state index is 12.5. The van der Waals surface area contributed by atoms with Crippen LogP contribution in [0.4, 0.5) is 0 Å². The molecule has 30 heavy (non-hydrogen) atoms. The third-order valence-corrected chi connectivity index (χ3v) is 5.62. The van der Waals surface area contributed by atoms with E-state index in [1.807, 2.05) is 60.8 Å². The first-order valence-corrected chi connectivity index (χ1v) is 10.3. The van der Waals surface area contributed by atoms with Crippen molar-refractivity contribution in [1.29, 1.82) is 0 Å². The predicted octanol–water partition coefficient (Wildman–Crippen LogP) is 3.82. The summed E-state index contributed by atoms with van der Waals surface area (Å²) in [6.07, 6.45) is 3.39. The van der Waals surface area contributed by atoms with Crippen LogP contribution in [0.25, 0.3) is 16.3 Å². The fourth-order valence-electron chi connectivity index (χ4n) is 3.05. The highest BCUT2D eigenvalue weighted by Gasteiger charge is 2.13. The minimum absolute atomic E-state index is 0.0607. The van der Waals surface area contributed by atoms with Crippen molar-refractivity contribution in [1.82, 2.24) is 25.1 Å². The Balaban J connectivity index is 1.35.